The van der Waals surface area contributed by atoms with Gasteiger partial charge in [-0.25, -0.2) is 0 Å². The van der Waals surface area contributed by atoms with Gasteiger partial charge in [0.1, 0.15) is 0 Å². The third-order valence-corrected chi connectivity index (χ3v) is 3.09. The molecule has 0 aliphatic rings. The maximum absolute atomic E-state index is 11.7. The van der Waals surface area contributed by atoms with Crippen LogP contribution in [-0.2, 0) is 14.3 Å². The first-order chi connectivity index (χ1) is 8.18. The van der Waals surface area contributed by atoms with E-state index < -0.39 is 5.97 Å². The van der Waals surface area contributed by atoms with E-state index in [1.807, 2.05) is 20.8 Å². The van der Waals surface area contributed by atoms with E-state index in [0.29, 0.717) is 19.3 Å². The number of aliphatic carboxylic acids is 1. The highest BCUT2D eigenvalue weighted by Gasteiger charge is 2.32. The summed E-state index contributed by atoms with van der Waals surface area (Å²) in [6, 6.07) is -0.185. The molecule has 0 fully saturated rings. The van der Waals surface area contributed by atoms with Crippen molar-refractivity contribution < 1.29 is 19.4 Å². The van der Waals surface area contributed by atoms with Crippen LogP contribution in [0.2, 0.25) is 0 Å². The molecular weight excluding hydrogens is 234 g/mol. The summed E-state index contributed by atoms with van der Waals surface area (Å²) in [6.07, 6.45) is 1.76. The molecule has 0 spiro atoms. The molecule has 0 aromatic carbocycles. The van der Waals surface area contributed by atoms with Crippen LogP contribution >= 0.6 is 0 Å². The summed E-state index contributed by atoms with van der Waals surface area (Å²) in [6.45, 7) is 5.95. The molecule has 3 N–H and O–H groups in total. The molecule has 2 atom stereocenters. The molecule has 5 heteroatoms. The van der Waals surface area contributed by atoms with E-state index >= 15 is 0 Å². The van der Waals surface area contributed by atoms with Crippen LogP contribution in [0.3, 0.4) is 0 Å². The fourth-order valence-corrected chi connectivity index (χ4v) is 1.88. The van der Waals surface area contributed by atoms with Crippen LogP contribution in [-0.4, -0.2) is 30.2 Å². The molecule has 2 unspecified atom stereocenters. The lowest BCUT2D eigenvalue weighted by Crippen LogP contribution is -2.32. The lowest BCUT2D eigenvalue weighted by molar-refractivity contribution is -0.149. The van der Waals surface area contributed by atoms with Crippen molar-refractivity contribution in [3.8, 4) is 0 Å². The monoisotopic (exact) mass is 259 g/mol. The molecule has 0 aliphatic heterocycles. The largest absolute Gasteiger partial charge is 0.481 e. The van der Waals surface area contributed by atoms with Crippen LogP contribution in [0, 0.1) is 11.3 Å². The molecule has 0 radical (unpaired) electrons. The fraction of sp³-hybridized carbons (Fsp3) is 0.846. The minimum atomic E-state index is -0.842. The highest BCUT2D eigenvalue weighted by Crippen LogP contribution is 2.31. The number of carboxylic acids is 1. The third-order valence-electron chi connectivity index (χ3n) is 3.09. The third kappa shape index (κ3) is 6.59. The first-order valence-corrected chi connectivity index (χ1v) is 6.23. The molecule has 5 nitrogen and oxygen atoms in total. The zero-order chi connectivity index (χ0) is 14.3. The van der Waals surface area contributed by atoms with Crippen LogP contribution in [0.1, 0.15) is 46.5 Å². The smallest absolute Gasteiger partial charge is 0.309 e. The Balaban J connectivity index is 4.27. The Morgan fingerprint density at radius 3 is 2.17 bits per heavy atom. The predicted octanol–water partition coefficient (Wildman–Crippen LogP) is 1.79. The van der Waals surface area contributed by atoms with E-state index in [1.165, 1.54) is 7.11 Å². The second-order valence-electron chi connectivity index (χ2n) is 5.71. The summed E-state index contributed by atoms with van der Waals surface area (Å²) >= 11 is 0. The highest BCUT2D eigenvalue weighted by molar-refractivity contribution is 5.73. The minimum absolute atomic E-state index is 0.0690. The molecule has 0 aromatic heterocycles. The van der Waals surface area contributed by atoms with Gasteiger partial charge in [-0.3, -0.25) is 9.59 Å². The van der Waals surface area contributed by atoms with Crippen molar-refractivity contribution in [1.29, 1.82) is 0 Å². The molecular formula is C13H25NO4. The van der Waals surface area contributed by atoms with Crippen molar-refractivity contribution in [1.82, 2.24) is 0 Å². The van der Waals surface area contributed by atoms with Gasteiger partial charge in [-0.15, -0.1) is 0 Å². The molecule has 0 rings (SSSR count). The van der Waals surface area contributed by atoms with E-state index in [4.69, 9.17) is 15.6 Å². The molecule has 18 heavy (non-hydrogen) atoms. The molecule has 0 saturated heterocycles. The Labute approximate surface area is 109 Å². The van der Waals surface area contributed by atoms with E-state index in [1.54, 1.807) is 0 Å². The Morgan fingerprint density at radius 1 is 1.22 bits per heavy atom. The predicted molar refractivity (Wildman–Crippen MR) is 69.0 cm³/mol. The van der Waals surface area contributed by atoms with Crippen LogP contribution < -0.4 is 5.73 Å². The molecule has 0 amide bonds. The first-order valence-electron chi connectivity index (χ1n) is 6.23. The van der Waals surface area contributed by atoms with Gasteiger partial charge in [0, 0.05) is 12.5 Å². The van der Waals surface area contributed by atoms with Crippen LogP contribution in [0.15, 0.2) is 0 Å². The zero-order valence-corrected chi connectivity index (χ0v) is 11.7. The SMILES string of the molecule is COC(=O)C(CCC(N)CCC(=O)O)C(C)(C)C. The maximum atomic E-state index is 11.7. The number of nitrogens with two attached hydrogens (primary N) is 1. The van der Waals surface area contributed by atoms with Crippen LogP contribution in [0.5, 0.6) is 0 Å². The Hall–Kier alpha value is -1.10. The number of hydrogen-bond acceptors (Lipinski definition) is 4. The topological polar surface area (TPSA) is 89.6 Å². The molecule has 0 heterocycles. The van der Waals surface area contributed by atoms with E-state index in [0.717, 1.165) is 0 Å². The van der Waals surface area contributed by atoms with Gasteiger partial charge in [0.05, 0.1) is 13.0 Å². The number of carboxylic acid groups (broad SMARTS) is 1. The maximum Gasteiger partial charge on any atom is 0.309 e. The van der Waals surface area contributed by atoms with Gasteiger partial charge < -0.3 is 15.6 Å². The lowest BCUT2D eigenvalue weighted by atomic mass is 9.77. The van der Waals surface area contributed by atoms with Gasteiger partial charge in [0.25, 0.3) is 0 Å². The van der Waals surface area contributed by atoms with Gasteiger partial charge in [0.15, 0.2) is 0 Å². The number of carbonyl (C=O) groups excluding carboxylic acids is 1. The molecule has 106 valence electrons. The van der Waals surface area contributed by atoms with Crippen molar-refractivity contribution >= 4 is 11.9 Å². The fourth-order valence-electron chi connectivity index (χ4n) is 1.88. The average molecular weight is 259 g/mol. The average Bonchev–Trinajstić information content (AvgIpc) is 2.24. The quantitative estimate of drug-likeness (QED) is 0.680. The first kappa shape index (κ1) is 16.9. The van der Waals surface area contributed by atoms with E-state index in [9.17, 15) is 9.59 Å². The number of ether oxygens (including phenoxy) is 1. The number of rotatable bonds is 7. The van der Waals surface area contributed by atoms with Crippen molar-refractivity contribution in [3.63, 3.8) is 0 Å². The highest BCUT2D eigenvalue weighted by atomic mass is 16.5. The molecule has 0 aliphatic carbocycles. The summed E-state index contributed by atoms with van der Waals surface area (Å²) in [5.74, 6) is -1.28. The Kier molecular flexibility index (Phi) is 6.91. The van der Waals surface area contributed by atoms with Crippen molar-refractivity contribution in [2.75, 3.05) is 7.11 Å². The van der Waals surface area contributed by atoms with Crippen LogP contribution in [0.4, 0.5) is 0 Å². The molecule has 0 saturated carbocycles. The summed E-state index contributed by atoms with van der Waals surface area (Å²) in [5.41, 5.74) is 5.66. The number of carbonyl (C=O) groups is 2. The zero-order valence-electron chi connectivity index (χ0n) is 11.7. The molecule has 0 aromatic rings. The Bertz CT molecular complexity index is 283. The lowest BCUT2D eigenvalue weighted by Gasteiger charge is -2.29. The van der Waals surface area contributed by atoms with Crippen molar-refractivity contribution in [2.24, 2.45) is 17.1 Å². The van der Waals surface area contributed by atoms with E-state index in [2.05, 4.69) is 0 Å². The van der Waals surface area contributed by atoms with Crippen molar-refractivity contribution in [2.45, 2.75) is 52.5 Å². The van der Waals surface area contributed by atoms with Gasteiger partial charge in [-0.1, -0.05) is 20.8 Å². The standard InChI is InChI=1S/C13H25NO4/c1-13(2,3)10(12(17)18-4)7-5-9(14)6-8-11(15)16/h9-10H,5-8,14H2,1-4H3,(H,15,16). The van der Waals surface area contributed by atoms with Gasteiger partial charge in [0.2, 0.25) is 0 Å². The number of methoxy groups -OCH3 is 1. The van der Waals surface area contributed by atoms with E-state index in [-0.39, 0.29) is 29.8 Å². The minimum Gasteiger partial charge on any atom is -0.481 e. The summed E-state index contributed by atoms with van der Waals surface area (Å²) in [5, 5.41) is 8.57. The van der Waals surface area contributed by atoms with Crippen molar-refractivity contribution in [3.05, 3.63) is 0 Å². The summed E-state index contributed by atoms with van der Waals surface area (Å²) in [4.78, 5) is 22.1. The van der Waals surface area contributed by atoms with Gasteiger partial charge in [-0.2, -0.15) is 0 Å². The molecule has 0 bridgehead atoms. The normalized spacial score (nSPS) is 14.9. The second-order valence-corrected chi connectivity index (χ2v) is 5.71. The second kappa shape index (κ2) is 7.36. The van der Waals surface area contributed by atoms with Crippen LogP contribution in [0.25, 0.3) is 0 Å². The Morgan fingerprint density at radius 2 is 1.78 bits per heavy atom. The summed E-state index contributed by atoms with van der Waals surface area (Å²) in [7, 11) is 1.38. The number of esters is 1. The van der Waals surface area contributed by atoms with Gasteiger partial charge in [-0.05, 0) is 24.7 Å². The number of hydrogen-bond donors (Lipinski definition) is 2. The summed E-state index contributed by atoms with van der Waals surface area (Å²) < 4.78 is 4.80. The van der Waals surface area contributed by atoms with Gasteiger partial charge >= 0.3 is 11.9 Å².